The normalized spacial score (nSPS) is 15.1. The maximum atomic E-state index is 12.3. The molecule has 0 unspecified atom stereocenters. The molecule has 0 amide bonds. The average Bonchev–Trinajstić information content (AvgIpc) is 3.05. The number of fused-ring (bicyclic) bond motifs is 1. The Morgan fingerprint density at radius 3 is 2.71 bits per heavy atom. The maximum Gasteiger partial charge on any atom is 0.250 e. The van der Waals surface area contributed by atoms with E-state index in [2.05, 4.69) is 20.7 Å². The molecule has 1 aliphatic rings. The standard InChI is InChI=1S/C13H12BrNO4S2/c1-8(9-2-3-10-11(6-9)19-7-18-10)15-21(16,17)13-5-4-12(14)20-13/h2-6,8,15H,7H2,1H3/t8-/m0/s1. The van der Waals surface area contributed by atoms with Crippen LogP contribution in [0.4, 0.5) is 0 Å². The molecule has 1 aliphatic heterocycles. The molecule has 21 heavy (non-hydrogen) atoms. The largest absolute Gasteiger partial charge is 0.454 e. The van der Waals surface area contributed by atoms with Crippen LogP contribution in [0.2, 0.25) is 0 Å². The lowest BCUT2D eigenvalue weighted by Crippen LogP contribution is -2.26. The van der Waals surface area contributed by atoms with Gasteiger partial charge in [-0.1, -0.05) is 6.07 Å². The quantitative estimate of drug-likeness (QED) is 0.871. The van der Waals surface area contributed by atoms with Crippen LogP contribution in [0.3, 0.4) is 0 Å². The molecule has 1 aromatic heterocycles. The van der Waals surface area contributed by atoms with Gasteiger partial charge in [0.05, 0.1) is 3.79 Å². The van der Waals surface area contributed by atoms with Crippen molar-refractivity contribution in [3.63, 3.8) is 0 Å². The van der Waals surface area contributed by atoms with E-state index in [1.54, 1.807) is 31.2 Å². The van der Waals surface area contributed by atoms with E-state index in [-0.39, 0.29) is 17.0 Å². The molecule has 0 bridgehead atoms. The second-order valence-corrected chi connectivity index (χ2v) is 8.92. The highest BCUT2D eigenvalue weighted by Crippen LogP contribution is 2.34. The van der Waals surface area contributed by atoms with Crippen LogP contribution in [-0.2, 0) is 10.0 Å². The van der Waals surface area contributed by atoms with Crippen molar-refractivity contribution in [3.8, 4) is 11.5 Å². The predicted octanol–water partition coefficient (Wildman–Crippen LogP) is 3.28. The average molecular weight is 390 g/mol. The highest BCUT2D eigenvalue weighted by molar-refractivity contribution is 9.11. The van der Waals surface area contributed by atoms with E-state index >= 15 is 0 Å². The summed E-state index contributed by atoms with van der Waals surface area (Å²) in [5.74, 6) is 1.31. The minimum absolute atomic E-state index is 0.197. The number of halogens is 1. The van der Waals surface area contributed by atoms with Crippen LogP contribution in [0.1, 0.15) is 18.5 Å². The number of thiophene rings is 1. The first-order valence-electron chi connectivity index (χ1n) is 6.13. The number of rotatable bonds is 4. The highest BCUT2D eigenvalue weighted by atomic mass is 79.9. The summed E-state index contributed by atoms with van der Waals surface area (Å²) in [5, 5.41) is 0. The summed E-state index contributed by atoms with van der Waals surface area (Å²) in [6, 6.07) is 8.31. The summed E-state index contributed by atoms with van der Waals surface area (Å²) in [6.45, 7) is 1.99. The molecular formula is C13H12BrNO4S2. The molecule has 3 rings (SSSR count). The Morgan fingerprint density at radius 1 is 1.24 bits per heavy atom. The molecule has 0 aliphatic carbocycles. The van der Waals surface area contributed by atoms with Gasteiger partial charge in [0.1, 0.15) is 4.21 Å². The van der Waals surface area contributed by atoms with E-state index in [1.165, 1.54) is 11.3 Å². The van der Waals surface area contributed by atoms with Crippen molar-refractivity contribution < 1.29 is 17.9 Å². The van der Waals surface area contributed by atoms with Crippen LogP contribution in [0.15, 0.2) is 38.3 Å². The Labute approximate surface area is 135 Å². The van der Waals surface area contributed by atoms with Crippen molar-refractivity contribution >= 4 is 37.3 Å². The minimum Gasteiger partial charge on any atom is -0.454 e. The van der Waals surface area contributed by atoms with Crippen LogP contribution in [-0.4, -0.2) is 15.2 Å². The predicted molar refractivity (Wildman–Crippen MR) is 83.3 cm³/mol. The first kappa shape index (κ1) is 14.8. The molecule has 2 aromatic rings. The molecule has 1 aromatic carbocycles. The van der Waals surface area contributed by atoms with Crippen molar-refractivity contribution in [2.75, 3.05) is 6.79 Å². The molecule has 0 saturated carbocycles. The van der Waals surface area contributed by atoms with E-state index in [0.717, 1.165) is 9.35 Å². The summed E-state index contributed by atoms with van der Waals surface area (Å²) >= 11 is 4.44. The second-order valence-electron chi connectivity index (χ2n) is 4.51. The molecule has 1 N–H and O–H groups in total. The SMILES string of the molecule is C[C@H](NS(=O)(=O)c1ccc(Br)s1)c1ccc2c(c1)OCO2. The Kier molecular flexibility index (Phi) is 3.96. The van der Waals surface area contributed by atoms with Crippen LogP contribution < -0.4 is 14.2 Å². The number of nitrogens with one attached hydrogen (secondary N) is 1. The van der Waals surface area contributed by atoms with Gasteiger partial charge in [0.15, 0.2) is 11.5 Å². The summed E-state index contributed by atoms with van der Waals surface area (Å²) in [5.41, 5.74) is 0.818. The Morgan fingerprint density at radius 2 is 2.00 bits per heavy atom. The molecule has 0 spiro atoms. The maximum absolute atomic E-state index is 12.3. The van der Waals surface area contributed by atoms with Gasteiger partial charge >= 0.3 is 0 Å². The molecule has 0 fully saturated rings. The molecule has 2 heterocycles. The third-order valence-corrected chi connectivity index (χ3v) is 6.70. The van der Waals surface area contributed by atoms with Crippen LogP contribution >= 0.6 is 27.3 Å². The fourth-order valence-electron chi connectivity index (χ4n) is 1.98. The molecule has 0 saturated heterocycles. The van der Waals surface area contributed by atoms with E-state index in [9.17, 15) is 8.42 Å². The zero-order chi connectivity index (χ0) is 15.0. The van der Waals surface area contributed by atoms with E-state index in [4.69, 9.17) is 9.47 Å². The van der Waals surface area contributed by atoms with Crippen molar-refractivity contribution in [1.29, 1.82) is 0 Å². The highest BCUT2D eigenvalue weighted by Gasteiger charge is 2.22. The third-order valence-electron chi connectivity index (χ3n) is 3.04. The van der Waals surface area contributed by atoms with E-state index < -0.39 is 10.0 Å². The molecule has 5 nitrogen and oxygen atoms in total. The van der Waals surface area contributed by atoms with Crippen molar-refractivity contribution in [2.45, 2.75) is 17.2 Å². The fourth-order valence-corrected chi connectivity index (χ4v) is 5.24. The van der Waals surface area contributed by atoms with Gasteiger partial charge in [0.2, 0.25) is 6.79 Å². The van der Waals surface area contributed by atoms with Crippen LogP contribution in [0.5, 0.6) is 11.5 Å². The number of sulfonamides is 1. The number of benzene rings is 1. The third kappa shape index (κ3) is 3.08. The van der Waals surface area contributed by atoms with Gasteiger partial charge in [-0.3, -0.25) is 0 Å². The zero-order valence-electron chi connectivity index (χ0n) is 11.0. The zero-order valence-corrected chi connectivity index (χ0v) is 14.2. The van der Waals surface area contributed by atoms with Gasteiger partial charge in [-0.2, -0.15) is 0 Å². The summed E-state index contributed by atoms with van der Waals surface area (Å²) in [6.07, 6.45) is 0. The Hall–Kier alpha value is -1.09. The monoisotopic (exact) mass is 389 g/mol. The lowest BCUT2D eigenvalue weighted by Gasteiger charge is -2.14. The number of hydrogen-bond donors (Lipinski definition) is 1. The minimum atomic E-state index is -3.53. The van der Waals surface area contributed by atoms with Gasteiger partial charge in [-0.15, -0.1) is 11.3 Å². The van der Waals surface area contributed by atoms with Gasteiger partial charge in [-0.05, 0) is 52.7 Å². The Bertz CT molecular complexity index is 772. The first-order valence-corrected chi connectivity index (χ1v) is 9.22. The smallest absolute Gasteiger partial charge is 0.250 e. The van der Waals surface area contributed by atoms with Crippen LogP contribution in [0.25, 0.3) is 0 Å². The van der Waals surface area contributed by atoms with Gasteiger partial charge in [-0.25, -0.2) is 13.1 Å². The topological polar surface area (TPSA) is 64.6 Å². The van der Waals surface area contributed by atoms with E-state index in [1.807, 2.05) is 6.07 Å². The van der Waals surface area contributed by atoms with Crippen molar-refractivity contribution in [2.24, 2.45) is 0 Å². The van der Waals surface area contributed by atoms with Gasteiger partial charge in [0.25, 0.3) is 10.0 Å². The first-order chi connectivity index (χ1) is 9.95. The van der Waals surface area contributed by atoms with Gasteiger partial charge < -0.3 is 9.47 Å². The second kappa shape index (κ2) is 5.60. The molecule has 8 heteroatoms. The molecular weight excluding hydrogens is 378 g/mol. The molecule has 112 valence electrons. The van der Waals surface area contributed by atoms with Crippen LogP contribution in [0, 0.1) is 0 Å². The molecule has 1 atom stereocenters. The van der Waals surface area contributed by atoms with Crippen molar-refractivity contribution in [3.05, 3.63) is 39.7 Å². The van der Waals surface area contributed by atoms with Gasteiger partial charge in [0, 0.05) is 6.04 Å². The summed E-state index contributed by atoms with van der Waals surface area (Å²) in [7, 11) is -3.53. The summed E-state index contributed by atoms with van der Waals surface area (Å²) < 4.78 is 38.8. The number of ether oxygens (including phenoxy) is 2. The Balaban J connectivity index is 1.81. The van der Waals surface area contributed by atoms with E-state index in [0.29, 0.717) is 11.5 Å². The van der Waals surface area contributed by atoms with Crippen molar-refractivity contribution in [1.82, 2.24) is 4.72 Å². The summed E-state index contributed by atoms with van der Waals surface area (Å²) in [4.78, 5) is 0. The number of hydrogen-bond acceptors (Lipinski definition) is 5. The lowest BCUT2D eigenvalue weighted by molar-refractivity contribution is 0.174. The fraction of sp³-hybridized carbons (Fsp3) is 0.231. The lowest BCUT2D eigenvalue weighted by atomic mass is 10.1. The molecule has 0 radical (unpaired) electrons.